The topological polar surface area (TPSA) is 54.9 Å². The zero-order valence-electron chi connectivity index (χ0n) is 15.5. The fourth-order valence-corrected chi connectivity index (χ4v) is 5.76. The zero-order chi connectivity index (χ0) is 20.6. The van der Waals surface area contributed by atoms with Crippen molar-refractivity contribution in [1.82, 2.24) is 9.97 Å². The number of amides is 1. The van der Waals surface area contributed by atoms with Crippen molar-refractivity contribution >= 4 is 44.9 Å². The van der Waals surface area contributed by atoms with E-state index >= 15 is 0 Å². The van der Waals surface area contributed by atoms with Crippen molar-refractivity contribution in [3.05, 3.63) is 46.6 Å². The maximum absolute atomic E-state index is 13.1. The van der Waals surface area contributed by atoms with E-state index in [1.807, 2.05) is 0 Å². The number of carbonyl (C=O) groups excluding carboxylic acids is 1. The molecule has 3 aromatic rings. The van der Waals surface area contributed by atoms with E-state index in [1.54, 1.807) is 11.3 Å². The molecule has 4 rings (SSSR count). The first kappa shape index (κ1) is 20.2. The van der Waals surface area contributed by atoms with Crippen LogP contribution in [0.4, 0.5) is 18.9 Å². The van der Waals surface area contributed by atoms with E-state index in [0.29, 0.717) is 10.9 Å². The van der Waals surface area contributed by atoms with Crippen LogP contribution in [0.15, 0.2) is 35.6 Å². The van der Waals surface area contributed by atoms with Crippen LogP contribution in [0.25, 0.3) is 10.2 Å². The Labute approximate surface area is 173 Å². The van der Waals surface area contributed by atoms with Gasteiger partial charge in [0.1, 0.15) is 16.2 Å². The summed E-state index contributed by atoms with van der Waals surface area (Å²) in [5, 5.41) is 4.08. The first-order valence-corrected chi connectivity index (χ1v) is 11.0. The molecule has 2 heterocycles. The highest BCUT2D eigenvalue weighted by Crippen LogP contribution is 2.40. The molecule has 4 nitrogen and oxygen atoms in total. The molecule has 0 fully saturated rings. The Kier molecular flexibility index (Phi) is 5.52. The van der Waals surface area contributed by atoms with Crippen LogP contribution < -0.4 is 5.32 Å². The summed E-state index contributed by atoms with van der Waals surface area (Å²) in [6.07, 6.45) is 0.0416. The number of alkyl halides is 3. The minimum atomic E-state index is -4.53. The van der Waals surface area contributed by atoms with E-state index in [9.17, 15) is 18.0 Å². The van der Waals surface area contributed by atoms with E-state index in [1.165, 1.54) is 46.7 Å². The van der Waals surface area contributed by atoms with Crippen molar-refractivity contribution in [2.24, 2.45) is 5.92 Å². The summed E-state index contributed by atoms with van der Waals surface area (Å²) in [5.74, 6) is 0.106. The Morgan fingerprint density at radius 2 is 2.10 bits per heavy atom. The number of thiophene rings is 1. The normalized spacial score (nSPS) is 16.6. The number of rotatable bonds is 4. The highest BCUT2D eigenvalue weighted by molar-refractivity contribution is 8.00. The summed E-state index contributed by atoms with van der Waals surface area (Å²) in [6, 6.07) is 4.97. The molecular formula is C20H18F3N3OS2. The molecule has 1 amide bonds. The Morgan fingerprint density at radius 1 is 1.31 bits per heavy atom. The number of hydrogen-bond donors (Lipinski definition) is 1. The smallest absolute Gasteiger partial charge is 0.325 e. The lowest BCUT2D eigenvalue weighted by atomic mass is 9.89. The van der Waals surface area contributed by atoms with Gasteiger partial charge in [-0.15, -0.1) is 11.3 Å². The third kappa shape index (κ3) is 4.25. The summed E-state index contributed by atoms with van der Waals surface area (Å²) >= 11 is 2.90. The fourth-order valence-electron chi connectivity index (χ4n) is 3.52. The highest BCUT2D eigenvalue weighted by atomic mass is 32.2. The number of thioether (sulfide) groups is 1. The maximum atomic E-state index is 13.1. The summed E-state index contributed by atoms with van der Waals surface area (Å²) in [7, 11) is 0. The van der Waals surface area contributed by atoms with Gasteiger partial charge in [-0.3, -0.25) is 4.79 Å². The molecule has 1 aliphatic carbocycles. The second-order valence-electron chi connectivity index (χ2n) is 7.09. The maximum Gasteiger partial charge on any atom is 0.418 e. The second kappa shape index (κ2) is 7.95. The Balaban J connectivity index is 1.52. The van der Waals surface area contributed by atoms with Gasteiger partial charge in [-0.2, -0.15) is 13.2 Å². The number of benzene rings is 1. The number of aromatic nitrogens is 2. The lowest BCUT2D eigenvalue weighted by Crippen LogP contribution is -2.18. The van der Waals surface area contributed by atoms with Crippen molar-refractivity contribution in [2.45, 2.75) is 37.4 Å². The van der Waals surface area contributed by atoms with E-state index in [4.69, 9.17) is 0 Å². The summed E-state index contributed by atoms with van der Waals surface area (Å²) in [5.41, 5.74) is 0.165. The van der Waals surface area contributed by atoms with Gasteiger partial charge in [0.2, 0.25) is 5.91 Å². The van der Waals surface area contributed by atoms with Gasteiger partial charge in [-0.05, 0) is 42.9 Å². The summed E-state index contributed by atoms with van der Waals surface area (Å²) in [4.78, 5) is 23.3. The van der Waals surface area contributed by atoms with Crippen molar-refractivity contribution in [3.8, 4) is 0 Å². The number of fused-ring (bicyclic) bond motifs is 3. The number of carbonyl (C=O) groups is 1. The molecule has 0 bridgehead atoms. The standard InChI is InChI=1S/C20H18F3N3OS2/c1-11-6-7-12-15(8-11)29-19-17(12)18(24-10-25-19)28-9-16(27)26-14-5-3-2-4-13(14)20(21,22)23/h2-5,10-11H,6-9H2,1H3,(H,26,27). The predicted molar refractivity (Wildman–Crippen MR) is 109 cm³/mol. The SMILES string of the molecule is CC1CCc2c(sc3ncnc(SCC(=O)Nc4ccccc4C(F)(F)F)c23)C1. The van der Waals surface area contributed by atoms with Crippen LogP contribution in [0.5, 0.6) is 0 Å². The van der Waals surface area contributed by atoms with E-state index in [0.717, 1.165) is 35.5 Å². The first-order valence-electron chi connectivity index (χ1n) is 9.17. The Bertz CT molecular complexity index is 1060. The molecular weight excluding hydrogens is 419 g/mol. The lowest BCUT2D eigenvalue weighted by Gasteiger charge is -2.18. The number of hydrogen-bond acceptors (Lipinski definition) is 5. The van der Waals surface area contributed by atoms with Crippen LogP contribution in [0.3, 0.4) is 0 Å². The molecule has 2 aromatic heterocycles. The van der Waals surface area contributed by atoms with Crippen LogP contribution in [0.1, 0.15) is 29.3 Å². The second-order valence-corrected chi connectivity index (χ2v) is 9.14. The van der Waals surface area contributed by atoms with Gasteiger partial charge in [0.05, 0.1) is 17.0 Å². The molecule has 1 unspecified atom stereocenters. The van der Waals surface area contributed by atoms with Crippen LogP contribution in [0, 0.1) is 5.92 Å². The fraction of sp³-hybridized carbons (Fsp3) is 0.350. The van der Waals surface area contributed by atoms with Crippen molar-refractivity contribution in [1.29, 1.82) is 0 Å². The van der Waals surface area contributed by atoms with Crippen molar-refractivity contribution < 1.29 is 18.0 Å². The summed E-state index contributed by atoms with van der Waals surface area (Å²) in [6.45, 7) is 2.23. The molecule has 1 aromatic carbocycles. The number of nitrogens with one attached hydrogen (secondary N) is 1. The molecule has 0 saturated heterocycles. The molecule has 0 aliphatic heterocycles. The molecule has 0 radical (unpaired) electrons. The predicted octanol–water partition coefficient (Wildman–Crippen LogP) is 5.57. The minimum Gasteiger partial charge on any atom is -0.325 e. The quantitative estimate of drug-likeness (QED) is 0.429. The minimum absolute atomic E-state index is 0.0284. The third-order valence-corrected chi connectivity index (χ3v) is 7.06. The molecule has 1 aliphatic rings. The molecule has 29 heavy (non-hydrogen) atoms. The number of halogens is 3. The molecule has 1 N–H and O–H groups in total. The zero-order valence-corrected chi connectivity index (χ0v) is 17.2. The molecule has 9 heteroatoms. The molecule has 0 saturated carbocycles. The van der Waals surface area contributed by atoms with Crippen LogP contribution >= 0.6 is 23.1 Å². The molecule has 0 spiro atoms. The first-order chi connectivity index (χ1) is 13.8. The highest BCUT2D eigenvalue weighted by Gasteiger charge is 2.33. The van der Waals surface area contributed by atoms with Gasteiger partial charge < -0.3 is 5.32 Å². The lowest BCUT2D eigenvalue weighted by molar-refractivity contribution is -0.137. The summed E-state index contributed by atoms with van der Waals surface area (Å²) < 4.78 is 39.3. The van der Waals surface area contributed by atoms with Gasteiger partial charge in [-0.1, -0.05) is 30.8 Å². The number of para-hydroxylation sites is 1. The Hall–Kier alpha value is -2.13. The van der Waals surface area contributed by atoms with Gasteiger partial charge in [0.25, 0.3) is 0 Å². The van der Waals surface area contributed by atoms with Gasteiger partial charge in [0, 0.05) is 10.3 Å². The average Bonchev–Trinajstić information content (AvgIpc) is 3.04. The van der Waals surface area contributed by atoms with E-state index < -0.39 is 17.6 Å². The number of nitrogens with zero attached hydrogens (tertiary/aromatic N) is 2. The average molecular weight is 438 g/mol. The molecule has 152 valence electrons. The van der Waals surface area contributed by atoms with Crippen LogP contribution in [-0.2, 0) is 23.8 Å². The van der Waals surface area contributed by atoms with Crippen LogP contribution in [0.2, 0.25) is 0 Å². The number of aryl methyl sites for hydroxylation is 1. The van der Waals surface area contributed by atoms with Crippen molar-refractivity contribution in [3.63, 3.8) is 0 Å². The van der Waals surface area contributed by atoms with Gasteiger partial charge in [0.15, 0.2) is 0 Å². The van der Waals surface area contributed by atoms with E-state index in [-0.39, 0.29) is 11.4 Å². The van der Waals surface area contributed by atoms with Crippen molar-refractivity contribution in [2.75, 3.05) is 11.1 Å². The largest absolute Gasteiger partial charge is 0.418 e. The van der Waals surface area contributed by atoms with Crippen LogP contribution in [-0.4, -0.2) is 21.6 Å². The third-order valence-electron chi connectivity index (χ3n) is 4.90. The van der Waals surface area contributed by atoms with E-state index in [2.05, 4.69) is 22.2 Å². The monoisotopic (exact) mass is 437 g/mol. The molecule has 1 atom stereocenters. The van der Waals surface area contributed by atoms with Gasteiger partial charge in [-0.25, -0.2) is 9.97 Å². The van der Waals surface area contributed by atoms with Gasteiger partial charge >= 0.3 is 6.18 Å². The Morgan fingerprint density at radius 3 is 2.90 bits per heavy atom. The number of anilines is 1.